The molecule has 0 bridgehead atoms. The first-order chi connectivity index (χ1) is 6.84. The number of Topliss-reactive ketones (excluding diaryl/α,β-unsaturated/α-hetero) is 1. The molecule has 1 saturated carbocycles. The third kappa shape index (κ3) is 2.70. The summed E-state index contributed by atoms with van der Waals surface area (Å²) in [7, 11) is 0. The van der Waals surface area contributed by atoms with Crippen LogP contribution in [0.1, 0.15) is 57.8 Å². The second-order valence-corrected chi connectivity index (χ2v) is 4.81. The van der Waals surface area contributed by atoms with E-state index < -0.39 is 0 Å². The number of rotatable bonds is 2. The highest BCUT2D eigenvalue weighted by molar-refractivity contribution is 5.81. The topological polar surface area (TPSA) is 17.1 Å². The molecular formula is C13H20O. The van der Waals surface area contributed by atoms with Gasteiger partial charge in [0.05, 0.1) is 0 Å². The Morgan fingerprint density at radius 2 is 1.93 bits per heavy atom. The van der Waals surface area contributed by atoms with Crippen LogP contribution in [0.2, 0.25) is 0 Å². The van der Waals surface area contributed by atoms with Gasteiger partial charge in [0, 0.05) is 12.8 Å². The minimum Gasteiger partial charge on any atom is -0.299 e. The van der Waals surface area contributed by atoms with Crippen molar-refractivity contribution in [2.24, 2.45) is 5.92 Å². The third-order valence-electron chi connectivity index (χ3n) is 3.62. The molecule has 0 aromatic rings. The van der Waals surface area contributed by atoms with E-state index in [2.05, 4.69) is 6.08 Å². The SMILES string of the molecule is O=C1CC=C(CC2CCCCC2)CC1. The van der Waals surface area contributed by atoms with Crippen molar-refractivity contribution in [1.82, 2.24) is 0 Å². The zero-order chi connectivity index (χ0) is 9.80. The molecule has 0 heterocycles. The molecule has 78 valence electrons. The van der Waals surface area contributed by atoms with Crippen LogP contribution in [0.3, 0.4) is 0 Å². The van der Waals surface area contributed by atoms with Crippen LogP contribution in [0.5, 0.6) is 0 Å². The minimum absolute atomic E-state index is 0.428. The number of carbonyl (C=O) groups excluding carboxylic acids is 1. The molecule has 0 radical (unpaired) electrons. The molecule has 2 rings (SSSR count). The maximum absolute atomic E-state index is 11.1. The van der Waals surface area contributed by atoms with E-state index in [0.29, 0.717) is 12.2 Å². The van der Waals surface area contributed by atoms with Crippen LogP contribution in [0.15, 0.2) is 11.6 Å². The Balaban J connectivity index is 1.81. The standard InChI is InChI=1S/C13H20O/c14-13-8-6-12(7-9-13)10-11-4-2-1-3-5-11/h6,11H,1-5,7-10H2. The van der Waals surface area contributed by atoms with Crippen molar-refractivity contribution in [2.75, 3.05) is 0 Å². The van der Waals surface area contributed by atoms with E-state index in [1.54, 1.807) is 5.57 Å². The van der Waals surface area contributed by atoms with E-state index in [-0.39, 0.29) is 0 Å². The van der Waals surface area contributed by atoms with Crippen LogP contribution in [0.25, 0.3) is 0 Å². The fourth-order valence-electron chi connectivity index (χ4n) is 2.71. The van der Waals surface area contributed by atoms with Gasteiger partial charge in [-0.2, -0.15) is 0 Å². The van der Waals surface area contributed by atoms with Gasteiger partial charge in [-0.05, 0) is 18.8 Å². The van der Waals surface area contributed by atoms with E-state index in [4.69, 9.17) is 0 Å². The van der Waals surface area contributed by atoms with Crippen molar-refractivity contribution in [2.45, 2.75) is 57.8 Å². The van der Waals surface area contributed by atoms with E-state index >= 15 is 0 Å². The van der Waals surface area contributed by atoms with Crippen molar-refractivity contribution < 1.29 is 4.79 Å². The van der Waals surface area contributed by atoms with Gasteiger partial charge in [-0.15, -0.1) is 0 Å². The zero-order valence-electron chi connectivity index (χ0n) is 8.93. The molecule has 0 atom stereocenters. The Labute approximate surface area is 86.6 Å². The summed E-state index contributed by atoms with van der Waals surface area (Å²) in [6, 6.07) is 0. The predicted octanol–water partition coefficient (Wildman–Crippen LogP) is 3.64. The second-order valence-electron chi connectivity index (χ2n) is 4.81. The average molecular weight is 192 g/mol. The molecule has 0 aromatic heterocycles. The van der Waals surface area contributed by atoms with Crippen LogP contribution in [-0.2, 0) is 4.79 Å². The van der Waals surface area contributed by atoms with Gasteiger partial charge in [0.2, 0.25) is 0 Å². The summed E-state index contributed by atoms with van der Waals surface area (Å²) in [5.41, 5.74) is 1.57. The van der Waals surface area contributed by atoms with E-state index in [9.17, 15) is 4.79 Å². The van der Waals surface area contributed by atoms with Crippen molar-refractivity contribution in [3.05, 3.63) is 11.6 Å². The summed E-state index contributed by atoms with van der Waals surface area (Å²) >= 11 is 0. The molecule has 0 saturated heterocycles. The summed E-state index contributed by atoms with van der Waals surface area (Å²) < 4.78 is 0. The maximum Gasteiger partial charge on any atom is 0.136 e. The lowest BCUT2D eigenvalue weighted by Crippen LogP contribution is -2.10. The van der Waals surface area contributed by atoms with Crippen molar-refractivity contribution in [1.29, 1.82) is 0 Å². The van der Waals surface area contributed by atoms with Gasteiger partial charge >= 0.3 is 0 Å². The van der Waals surface area contributed by atoms with Crippen LogP contribution >= 0.6 is 0 Å². The molecule has 0 N–H and O–H groups in total. The zero-order valence-corrected chi connectivity index (χ0v) is 8.93. The molecule has 2 aliphatic rings. The molecule has 2 aliphatic carbocycles. The van der Waals surface area contributed by atoms with Crippen LogP contribution in [0, 0.1) is 5.92 Å². The van der Waals surface area contributed by atoms with Gasteiger partial charge in [-0.1, -0.05) is 43.8 Å². The molecule has 0 spiro atoms. The van der Waals surface area contributed by atoms with Crippen molar-refractivity contribution in [3.63, 3.8) is 0 Å². The first-order valence-electron chi connectivity index (χ1n) is 6.04. The quantitative estimate of drug-likeness (QED) is 0.610. The molecule has 0 aliphatic heterocycles. The average Bonchev–Trinajstić information content (AvgIpc) is 2.23. The number of ketones is 1. The molecule has 0 amide bonds. The summed E-state index contributed by atoms with van der Waals surface area (Å²) in [6.07, 6.45) is 13.2. The molecule has 0 aromatic carbocycles. The van der Waals surface area contributed by atoms with Gasteiger partial charge in [0.25, 0.3) is 0 Å². The Hall–Kier alpha value is -0.590. The number of hydrogen-bond donors (Lipinski definition) is 0. The number of allylic oxidation sites excluding steroid dienone is 2. The van der Waals surface area contributed by atoms with E-state index in [0.717, 1.165) is 18.8 Å². The summed E-state index contributed by atoms with van der Waals surface area (Å²) in [5.74, 6) is 1.36. The summed E-state index contributed by atoms with van der Waals surface area (Å²) in [5, 5.41) is 0. The number of hydrogen-bond acceptors (Lipinski definition) is 1. The maximum atomic E-state index is 11.1. The molecule has 1 fully saturated rings. The highest BCUT2D eigenvalue weighted by Crippen LogP contribution is 2.31. The minimum atomic E-state index is 0.428. The van der Waals surface area contributed by atoms with E-state index in [1.165, 1.54) is 38.5 Å². The molecular weight excluding hydrogens is 172 g/mol. The third-order valence-corrected chi connectivity index (χ3v) is 3.62. The smallest absolute Gasteiger partial charge is 0.136 e. The van der Waals surface area contributed by atoms with Gasteiger partial charge < -0.3 is 0 Å². The van der Waals surface area contributed by atoms with Gasteiger partial charge in [0.15, 0.2) is 0 Å². The Morgan fingerprint density at radius 1 is 1.14 bits per heavy atom. The lowest BCUT2D eigenvalue weighted by atomic mass is 9.82. The van der Waals surface area contributed by atoms with Gasteiger partial charge in [-0.25, -0.2) is 0 Å². The van der Waals surface area contributed by atoms with Gasteiger partial charge in [-0.3, -0.25) is 4.79 Å². The normalized spacial score (nSPS) is 24.9. The van der Waals surface area contributed by atoms with Crippen LogP contribution < -0.4 is 0 Å². The summed E-state index contributed by atoms with van der Waals surface area (Å²) in [4.78, 5) is 11.1. The van der Waals surface area contributed by atoms with E-state index in [1.807, 2.05) is 0 Å². The fourth-order valence-corrected chi connectivity index (χ4v) is 2.71. The van der Waals surface area contributed by atoms with Crippen LogP contribution in [0.4, 0.5) is 0 Å². The highest BCUT2D eigenvalue weighted by atomic mass is 16.1. The monoisotopic (exact) mass is 192 g/mol. The lowest BCUT2D eigenvalue weighted by Gasteiger charge is -2.23. The Morgan fingerprint density at radius 3 is 2.57 bits per heavy atom. The first-order valence-corrected chi connectivity index (χ1v) is 6.04. The van der Waals surface area contributed by atoms with Crippen LogP contribution in [-0.4, -0.2) is 5.78 Å². The predicted molar refractivity (Wildman–Crippen MR) is 58.1 cm³/mol. The first kappa shape index (κ1) is 9.95. The Bertz CT molecular complexity index is 234. The highest BCUT2D eigenvalue weighted by Gasteiger charge is 2.17. The number of carbonyl (C=O) groups is 1. The molecule has 1 heteroatoms. The fraction of sp³-hybridized carbons (Fsp3) is 0.769. The molecule has 1 nitrogen and oxygen atoms in total. The lowest BCUT2D eigenvalue weighted by molar-refractivity contribution is -0.118. The van der Waals surface area contributed by atoms with Gasteiger partial charge in [0.1, 0.15) is 5.78 Å². The van der Waals surface area contributed by atoms with Crippen molar-refractivity contribution in [3.8, 4) is 0 Å². The molecule has 0 unspecified atom stereocenters. The Kier molecular flexibility index (Phi) is 3.39. The molecule has 14 heavy (non-hydrogen) atoms. The second kappa shape index (κ2) is 4.77. The summed E-state index contributed by atoms with van der Waals surface area (Å²) in [6.45, 7) is 0. The van der Waals surface area contributed by atoms with Crippen molar-refractivity contribution >= 4 is 5.78 Å². The largest absolute Gasteiger partial charge is 0.299 e.